The normalized spacial score (nSPS) is 14.4. The van der Waals surface area contributed by atoms with Crippen LogP contribution in [-0.2, 0) is 4.79 Å². The number of hydrogen-bond donors (Lipinski definition) is 2. The number of aromatic nitrogens is 3. The fraction of sp³-hybridized carbons (Fsp3) is 0.179. The van der Waals surface area contributed by atoms with Gasteiger partial charge in [-0.3, -0.25) is 4.79 Å². The van der Waals surface area contributed by atoms with E-state index in [1.165, 1.54) is 0 Å². The number of amides is 1. The molecular weight excluding hydrogens is 506 g/mol. The number of anilines is 2. The molecule has 0 bridgehead atoms. The lowest BCUT2D eigenvalue weighted by atomic mass is 9.94. The highest BCUT2D eigenvalue weighted by Crippen LogP contribution is 2.42. The number of para-hydroxylation sites is 2. The highest BCUT2D eigenvalue weighted by Gasteiger charge is 2.36. The standard InChI is InChI=1S/C28H26ClN5O4/c1-16-24(27(35)31-21-7-5-6-8-23(21)38-4)25(20-15-19(36-2)13-14-22(20)37-3)34-28(30-16)32-26(33-34)17-9-11-18(29)12-10-17/h5-15,25H,1-4H3,(H,31,35)(H,30,32,33). The maximum Gasteiger partial charge on any atom is 0.255 e. The van der Waals surface area contributed by atoms with Crippen molar-refractivity contribution >= 4 is 29.1 Å². The molecule has 0 saturated carbocycles. The Morgan fingerprint density at radius 3 is 2.42 bits per heavy atom. The van der Waals surface area contributed by atoms with Crippen molar-refractivity contribution in [2.75, 3.05) is 32.0 Å². The van der Waals surface area contributed by atoms with Crippen LogP contribution in [0.4, 0.5) is 11.6 Å². The van der Waals surface area contributed by atoms with Gasteiger partial charge in [-0.25, -0.2) is 4.68 Å². The Hall–Kier alpha value is -4.50. The molecule has 2 N–H and O–H groups in total. The van der Waals surface area contributed by atoms with Crippen LogP contribution in [0.25, 0.3) is 11.4 Å². The van der Waals surface area contributed by atoms with E-state index in [4.69, 9.17) is 35.9 Å². The number of ether oxygens (including phenoxy) is 3. The molecule has 0 fully saturated rings. The van der Waals surface area contributed by atoms with Gasteiger partial charge in [0.25, 0.3) is 5.91 Å². The second-order valence-corrected chi connectivity index (χ2v) is 8.98. The monoisotopic (exact) mass is 531 g/mol. The summed E-state index contributed by atoms with van der Waals surface area (Å²) < 4.78 is 18.3. The maximum atomic E-state index is 13.9. The highest BCUT2D eigenvalue weighted by molar-refractivity contribution is 6.30. The Balaban J connectivity index is 1.66. The third-order valence-corrected chi connectivity index (χ3v) is 6.54. The van der Waals surface area contributed by atoms with Gasteiger partial charge >= 0.3 is 0 Å². The number of carbonyl (C=O) groups is 1. The van der Waals surface area contributed by atoms with Crippen LogP contribution in [0.2, 0.25) is 5.02 Å². The van der Waals surface area contributed by atoms with E-state index in [9.17, 15) is 4.79 Å². The van der Waals surface area contributed by atoms with E-state index < -0.39 is 6.04 Å². The third kappa shape index (κ3) is 4.64. The predicted octanol–water partition coefficient (Wildman–Crippen LogP) is 5.55. The Morgan fingerprint density at radius 1 is 0.974 bits per heavy atom. The van der Waals surface area contributed by atoms with Crippen molar-refractivity contribution in [3.63, 3.8) is 0 Å². The van der Waals surface area contributed by atoms with Gasteiger partial charge in [0.1, 0.15) is 23.3 Å². The number of methoxy groups -OCH3 is 3. The summed E-state index contributed by atoms with van der Waals surface area (Å²) in [4.78, 5) is 18.6. The van der Waals surface area contributed by atoms with Gasteiger partial charge in [-0.15, -0.1) is 5.10 Å². The quantitative estimate of drug-likeness (QED) is 0.322. The van der Waals surface area contributed by atoms with Crippen molar-refractivity contribution in [1.29, 1.82) is 0 Å². The number of carbonyl (C=O) groups excluding carboxylic acids is 1. The van der Waals surface area contributed by atoms with Gasteiger partial charge in [0, 0.05) is 21.8 Å². The Morgan fingerprint density at radius 2 is 1.71 bits per heavy atom. The summed E-state index contributed by atoms with van der Waals surface area (Å²) in [7, 11) is 4.73. The smallest absolute Gasteiger partial charge is 0.255 e. The lowest BCUT2D eigenvalue weighted by Crippen LogP contribution is -2.31. The van der Waals surface area contributed by atoms with Crippen LogP contribution in [0.5, 0.6) is 17.2 Å². The molecule has 4 aromatic rings. The van der Waals surface area contributed by atoms with Crippen molar-refractivity contribution < 1.29 is 19.0 Å². The van der Waals surface area contributed by atoms with Crippen LogP contribution >= 0.6 is 11.6 Å². The number of fused-ring (bicyclic) bond motifs is 1. The van der Waals surface area contributed by atoms with Gasteiger partial charge in [0.2, 0.25) is 5.95 Å². The molecule has 2 heterocycles. The summed E-state index contributed by atoms with van der Waals surface area (Å²) in [6.07, 6.45) is 0. The SMILES string of the molecule is COc1ccc(OC)c(C2C(C(=O)Nc3ccccc3OC)=C(C)Nc3nc(-c4ccc(Cl)cc4)nn32)c1. The molecule has 9 nitrogen and oxygen atoms in total. The number of benzene rings is 3. The first-order valence-electron chi connectivity index (χ1n) is 11.8. The van der Waals surface area contributed by atoms with Crippen molar-refractivity contribution in [3.8, 4) is 28.6 Å². The van der Waals surface area contributed by atoms with Gasteiger partial charge in [-0.1, -0.05) is 23.7 Å². The molecule has 10 heteroatoms. The van der Waals surface area contributed by atoms with E-state index in [1.54, 1.807) is 62.4 Å². The molecule has 1 aromatic heterocycles. The first-order chi connectivity index (χ1) is 18.4. The van der Waals surface area contributed by atoms with E-state index in [0.717, 1.165) is 5.56 Å². The van der Waals surface area contributed by atoms with Gasteiger partial charge in [0.05, 0.1) is 32.6 Å². The van der Waals surface area contributed by atoms with Crippen LogP contribution in [0, 0.1) is 0 Å². The van der Waals surface area contributed by atoms with Gasteiger partial charge < -0.3 is 24.8 Å². The minimum Gasteiger partial charge on any atom is -0.497 e. The topological polar surface area (TPSA) is 99.5 Å². The first-order valence-corrected chi connectivity index (χ1v) is 12.2. The molecule has 194 valence electrons. The summed E-state index contributed by atoms with van der Waals surface area (Å²) in [5.74, 6) is 2.36. The molecule has 1 atom stereocenters. The van der Waals surface area contributed by atoms with Crippen LogP contribution in [0.3, 0.4) is 0 Å². The molecule has 0 spiro atoms. The molecule has 0 radical (unpaired) electrons. The van der Waals surface area contributed by atoms with Gasteiger partial charge in [0.15, 0.2) is 5.82 Å². The van der Waals surface area contributed by atoms with Crippen molar-refractivity contribution in [1.82, 2.24) is 14.8 Å². The summed E-state index contributed by atoms with van der Waals surface area (Å²) in [5.41, 5.74) is 3.07. The minimum absolute atomic E-state index is 0.330. The molecule has 5 rings (SSSR count). The Bertz CT molecular complexity index is 1530. The first kappa shape index (κ1) is 25.2. The number of halogens is 1. The Kier molecular flexibility index (Phi) is 6.93. The largest absolute Gasteiger partial charge is 0.497 e. The number of hydrogen-bond acceptors (Lipinski definition) is 7. The molecule has 0 saturated heterocycles. The Labute approximate surface area is 225 Å². The molecule has 1 amide bonds. The molecule has 0 aliphatic carbocycles. The summed E-state index contributed by atoms with van der Waals surface area (Å²) in [6.45, 7) is 1.83. The molecule has 1 aliphatic rings. The van der Waals surface area contributed by atoms with E-state index >= 15 is 0 Å². The maximum absolute atomic E-state index is 13.9. The second-order valence-electron chi connectivity index (χ2n) is 8.54. The average molecular weight is 532 g/mol. The lowest BCUT2D eigenvalue weighted by molar-refractivity contribution is -0.113. The second kappa shape index (κ2) is 10.5. The van der Waals surface area contributed by atoms with Crippen LogP contribution in [0.1, 0.15) is 18.5 Å². The van der Waals surface area contributed by atoms with Gasteiger partial charge in [-0.2, -0.15) is 4.98 Å². The zero-order chi connectivity index (χ0) is 26.8. The zero-order valence-corrected chi connectivity index (χ0v) is 22.0. The van der Waals surface area contributed by atoms with E-state index in [0.29, 0.717) is 56.6 Å². The fourth-order valence-corrected chi connectivity index (χ4v) is 4.57. The minimum atomic E-state index is -0.681. The predicted molar refractivity (Wildman–Crippen MR) is 146 cm³/mol. The molecule has 1 aliphatic heterocycles. The summed E-state index contributed by atoms with van der Waals surface area (Å²) >= 11 is 6.08. The summed E-state index contributed by atoms with van der Waals surface area (Å²) in [6, 6.07) is 19.3. The molecule has 38 heavy (non-hydrogen) atoms. The van der Waals surface area contributed by atoms with Gasteiger partial charge in [-0.05, 0) is 61.5 Å². The molecule has 3 aromatic carbocycles. The van der Waals surface area contributed by atoms with Crippen LogP contribution in [0.15, 0.2) is 78.0 Å². The fourth-order valence-electron chi connectivity index (χ4n) is 4.44. The summed E-state index contributed by atoms with van der Waals surface area (Å²) in [5, 5.41) is 11.7. The third-order valence-electron chi connectivity index (χ3n) is 6.29. The van der Waals surface area contributed by atoms with E-state index in [1.807, 2.05) is 37.3 Å². The van der Waals surface area contributed by atoms with E-state index in [-0.39, 0.29) is 5.91 Å². The van der Waals surface area contributed by atoms with E-state index in [2.05, 4.69) is 10.6 Å². The van der Waals surface area contributed by atoms with Crippen LogP contribution < -0.4 is 24.8 Å². The zero-order valence-electron chi connectivity index (χ0n) is 21.3. The highest BCUT2D eigenvalue weighted by atomic mass is 35.5. The molecule has 1 unspecified atom stereocenters. The number of nitrogens with zero attached hydrogens (tertiary/aromatic N) is 3. The van der Waals surface area contributed by atoms with Crippen molar-refractivity contribution in [2.24, 2.45) is 0 Å². The molecular formula is C28H26ClN5O4. The lowest BCUT2D eigenvalue weighted by Gasteiger charge is -2.29. The number of nitrogens with one attached hydrogen (secondary N) is 2. The van der Waals surface area contributed by atoms with Crippen LogP contribution in [-0.4, -0.2) is 42.0 Å². The van der Waals surface area contributed by atoms with Crippen molar-refractivity contribution in [2.45, 2.75) is 13.0 Å². The van der Waals surface area contributed by atoms with Crippen molar-refractivity contribution in [3.05, 3.63) is 88.6 Å². The number of rotatable bonds is 7. The number of allylic oxidation sites excluding steroid dienone is 1. The average Bonchev–Trinajstić information content (AvgIpc) is 3.36.